The molecule has 0 aromatic heterocycles. The average Bonchev–Trinajstić information content (AvgIpc) is 2.33. The number of rotatable bonds is 6. The Kier molecular flexibility index (Phi) is 5.31. The van der Waals surface area contributed by atoms with Crippen molar-refractivity contribution in [1.82, 2.24) is 4.72 Å². The molecule has 0 aliphatic carbocycles. The maximum absolute atomic E-state index is 12.1. The van der Waals surface area contributed by atoms with Crippen LogP contribution in [-0.4, -0.2) is 26.0 Å². The Hall–Kier alpha value is -1.84. The van der Waals surface area contributed by atoms with Crippen LogP contribution in [0.25, 0.3) is 0 Å². The molecule has 20 heavy (non-hydrogen) atoms. The Morgan fingerprint density at radius 1 is 1.35 bits per heavy atom. The first-order valence-corrected chi connectivity index (χ1v) is 7.55. The number of nitrogens with one attached hydrogen (secondary N) is 1. The van der Waals surface area contributed by atoms with Gasteiger partial charge in [0, 0.05) is 13.0 Å². The minimum Gasteiger partial charge on any atom is -0.478 e. The number of carboxylic acids is 1. The molecule has 0 spiro atoms. The van der Waals surface area contributed by atoms with Gasteiger partial charge in [-0.3, -0.25) is 0 Å². The van der Waals surface area contributed by atoms with Crippen molar-refractivity contribution in [2.24, 2.45) is 0 Å². The van der Waals surface area contributed by atoms with Crippen LogP contribution in [0.4, 0.5) is 0 Å². The van der Waals surface area contributed by atoms with Gasteiger partial charge in [0.2, 0.25) is 10.0 Å². The van der Waals surface area contributed by atoms with Crippen LogP contribution in [-0.2, 0) is 10.0 Å². The highest BCUT2D eigenvalue weighted by molar-refractivity contribution is 7.89. The minimum absolute atomic E-state index is 0.0128. The van der Waals surface area contributed by atoms with Crippen LogP contribution in [0.5, 0.6) is 0 Å². The van der Waals surface area contributed by atoms with Gasteiger partial charge in [0.1, 0.15) is 0 Å². The van der Waals surface area contributed by atoms with E-state index >= 15 is 0 Å². The van der Waals surface area contributed by atoms with Gasteiger partial charge in [-0.15, -0.1) is 12.3 Å². The summed E-state index contributed by atoms with van der Waals surface area (Å²) >= 11 is 0. The molecule has 0 radical (unpaired) electrons. The van der Waals surface area contributed by atoms with Crippen molar-refractivity contribution >= 4 is 16.0 Å². The number of aromatic carboxylic acids is 1. The molecule has 2 N–H and O–H groups in total. The number of carbonyl (C=O) groups is 1. The third kappa shape index (κ3) is 3.83. The van der Waals surface area contributed by atoms with E-state index in [-0.39, 0.29) is 17.0 Å². The van der Waals surface area contributed by atoms with Gasteiger partial charge in [-0.1, -0.05) is 6.07 Å². The number of hydrogen-bond donors (Lipinski definition) is 2. The van der Waals surface area contributed by atoms with Gasteiger partial charge < -0.3 is 5.11 Å². The predicted octanol–water partition coefficient (Wildman–Crippen LogP) is 1.69. The molecular weight excluding hydrogens is 278 g/mol. The largest absolute Gasteiger partial charge is 0.478 e. The normalized spacial score (nSPS) is 11.1. The zero-order valence-electron chi connectivity index (χ0n) is 11.4. The van der Waals surface area contributed by atoms with E-state index < -0.39 is 16.0 Å². The van der Waals surface area contributed by atoms with E-state index in [0.29, 0.717) is 24.0 Å². The average molecular weight is 295 g/mol. The molecule has 108 valence electrons. The number of hydrogen-bond acceptors (Lipinski definition) is 3. The van der Waals surface area contributed by atoms with Crippen molar-refractivity contribution in [3.63, 3.8) is 0 Å². The van der Waals surface area contributed by atoms with Crippen molar-refractivity contribution < 1.29 is 18.3 Å². The summed E-state index contributed by atoms with van der Waals surface area (Å²) in [4.78, 5) is 11.1. The van der Waals surface area contributed by atoms with Crippen LogP contribution in [0.3, 0.4) is 0 Å². The number of terminal acetylenes is 1. The lowest BCUT2D eigenvalue weighted by Gasteiger charge is -2.11. The topological polar surface area (TPSA) is 83.5 Å². The van der Waals surface area contributed by atoms with Gasteiger partial charge in [-0.2, -0.15) is 0 Å². The van der Waals surface area contributed by atoms with Crippen molar-refractivity contribution in [3.05, 3.63) is 28.8 Å². The molecule has 1 aromatic carbocycles. The van der Waals surface area contributed by atoms with E-state index in [1.54, 1.807) is 19.9 Å². The molecule has 0 saturated heterocycles. The second-order valence-corrected chi connectivity index (χ2v) is 6.18. The molecule has 0 fully saturated rings. The van der Waals surface area contributed by atoms with E-state index in [2.05, 4.69) is 10.6 Å². The number of sulfonamides is 1. The maximum Gasteiger partial charge on any atom is 0.335 e. The van der Waals surface area contributed by atoms with Gasteiger partial charge in [-0.05, 0) is 37.5 Å². The number of benzene rings is 1. The van der Waals surface area contributed by atoms with E-state index in [1.807, 2.05) is 0 Å². The molecular formula is C14H17NO4S. The summed E-state index contributed by atoms with van der Waals surface area (Å²) in [5.41, 5.74) is 1.03. The standard InChI is InChI=1S/C14H17NO4S/c1-4-5-6-7-15-20(18,19)13-9-12(14(16)17)10(2)8-11(13)3/h1,8-9,15H,5-7H2,2-3H3,(H,16,17). The molecule has 0 amide bonds. The highest BCUT2D eigenvalue weighted by atomic mass is 32.2. The fourth-order valence-electron chi connectivity index (χ4n) is 1.83. The van der Waals surface area contributed by atoms with Gasteiger partial charge in [-0.25, -0.2) is 17.9 Å². The Morgan fingerprint density at radius 2 is 2.00 bits per heavy atom. The Labute approximate surface area is 119 Å². The van der Waals surface area contributed by atoms with Crippen molar-refractivity contribution in [2.75, 3.05) is 6.54 Å². The molecule has 6 heteroatoms. The molecule has 1 rings (SSSR count). The first-order chi connectivity index (χ1) is 9.29. The second kappa shape index (κ2) is 6.55. The summed E-state index contributed by atoms with van der Waals surface area (Å²) in [5.74, 6) is 1.28. The number of carboxylic acid groups (broad SMARTS) is 1. The molecule has 0 heterocycles. The van der Waals surface area contributed by atoms with Crippen molar-refractivity contribution in [3.8, 4) is 12.3 Å². The first-order valence-electron chi connectivity index (χ1n) is 6.07. The molecule has 0 bridgehead atoms. The van der Waals surface area contributed by atoms with Gasteiger partial charge in [0.25, 0.3) is 0 Å². The zero-order valence-corrected chi connectivity index (χ0v) is 12.3. The van der Waals surface area contributed by atoms with Crippen LogP contribution in [0.15, 0.2) is 17.0 Å². The second-order valence-electron chi connectivity index (χ2n) is 4.44. The summed E-state index contributed by atoms with van der Waals surface area (Å²) in [5, 5.41) is 9.06. The third-order valence-corrected chi connectivity index (χ3v) is 4.43. The quantitative estimate of drug-likeness (QED) is 0.618. The van der Waals surface area contributed by atoms with Crippen LogP contribution in [0, 0.1) is 26.2 Å². The predicted molar refractivity (Wildman–Crippen MR) is 76.1 cm³/mol. The summed E-state index contributed by atoms with van der Waals surface area (Å²) in [6.07, 6.45) is 6.11. The first kappa shape index (κ1) is 16.2. The van der Waals surface area contributed by atoms with Crippen molar-refractivity contribution in [1.29, 1.82) is 0 Å². The van der Waals surface area contributed by atoms with Crippen LogP contribution < -0.4 is 4.72 Å². The van der Waals surface area contributed by atoms with Gasteiger partial charge >= 0.3 is 5.97 Å². The molecule has 0 aliphatic rings. The smallest absolute Gasteiger partial charge is 0.335 e. The molecule has 5 nitrogen and oxygen atoms in total. The molecule has 0 aliphatic heterocycles. The summed E-state index contributed by atoms with van der Waals surface area (Å²) in [6, 6.07) is 2.75. The highest BCUT2D eigenvalue weighted by Gasteiger charge is 2.20. The lowest BCUT2D eigenvalue weighted by molar-refractivity contribution is 0.0696. The number of unbranched alkanes of at least 4 members (excludes halogenated alkanes) is 1. The van der Waals surface area contributed by atoms with Crippen LogP contribution in [0.2, 0.25) is 0 Å². The van der Waals surface area contributed by atoms with Crippen LogP contribution >= 0.6 is 0 Å². The molecule has 1 aromatic rings. The summed E-state index contributed by atoms with van der Waals surface area (Å²) < 4.78 is 26.7. The van der Waals surface area contributed by atoms with Gasteiger partial charge in [0.15, 0.2) is 0 Å². The lowest BCUT2D eigenvalue weighted by atomic mass is 10.1. The fourth-order valence-corrected chi connectivity index (χ4v) is 3.15. The molecule has 0 saturated carbocycles. The van der Waals surface area contributed by atoms with Gasteiger partial charge in [0.05, 0.1) is 10.5 Å². The van der Waals surface area contributed by atoms with E-state index in [9.17, 15) is 13.2 Å². The summed E-state index contributed by atoms with van der Waals surface area (Å²) in [6.45, 7) is 3.49. The van der Waals surface area contributed by atoms with E-state index in [4.69, 9.17) is 11.5 Å². The Bertz CT molecular complexity index is 656. The van der Waals surface area contributed by atoms with E-state index in [0.717, 1.165) is 0 Å². The maximum atomic E-state index is 12.1. The number of aryl methyl sites for hydroxylation is 2. The van der Waals surface area contributed by atoms with Crippen LogP contribution in [0.1, 0.15) is 34.3 Å². The lowest BCUT2D eigenvalue weighted by Crippen LogP contribution is -2.26. The summed E-state index contributed by atoms with van der Waals surface area (Å²) in [7, 11) is -3.73. The SMILES string of the molecule is C#CCCCNS(=O)(=O)c1cc(C(=O)O)c(C)cc1C. The zero-order chi connectivity index (χ0) is 15.3. The molecule has 0 unspecified atom stereocenters. The fraction of sp³-hybridized carbons (Fsp3) is 0.357. The monoisotopic (exact) mass is 295 g/mol. The third-order valence-electron chi connectivity index (χ3n) is 2.83. The Balaban J connectivity index is 3.09. The molecule has 0 atom stereocenters. The van der Waals surface area contributed by atoms with Crippen molar-refractivity contribution in [2.45, 2.75) is 31.6 Å². The highest BCUT2D eigenvalue weighted by Crippen LogP contribution is 2.20. The Morgan fingerprint density at radius 3 is 2.55 bits per heavy atom. The van der Waals surface area contributed by atoms with E-state index in [1.165, 1.54) is 6.07 Å². The minimum atomic E-state index is -3.73.